The van der Waals surface area contributed by atoms with E-state index in [2.05, 4.69) is 17.1 Å². The van der Waals surface area contributed by atoms with E-state index < -0.39 is 5.82 Å². The smallest absolute Gasteiger partial charge is 0.165 e. The second-order valence-electron chi connectivity index (χ2n) is 5.22. The maximum atomic E-state index is 13.6. The predicted octanol–water partition coefficient (Wildman–Crippen LogP) is 2.59. The highest BCUT2D eigenvalue weighted by atomic mass is 19.1. The van der Waals surface area contributed by atoms with Crippen LogP contribution in [0.3, 0.4) is 0 Å². The van der Waals surface area contributed by atoms with Crippen LogP contribution >= 0.6 is 0 Å². The van der Waals surface area contributed by atoms with Gasteiger partial charge in [0.1, 0.15) is 0 Å². The minimum Gasteiger partial charge on any atom is -0.505 e. The van der Waals surface area contributed by atoms with Crippen LogP contribution < -0.4 is 5.32 Å². The third kappa shape index (κ3) is 3.07. The van der Waals surface area contributed by atoms with E-state index in [4.69, 9.17) is 0 Å². The van der Waals surface area contributed by atoms with Gasteiger partial charge in [-0.1, -0.05) is 19.4 Å². The van der Waals surface area contributed by atoms with Crippen LogP contribution in [0, 0.1) is 12.7 Å². The quantitative estimate of drug-likeness (QED) is 0.879. The number of phenolic OH excluding ortho intramolecular Hbond substituents is 1. The Balaban J connectivity index is 2.35. The highest BCUT2D eigenvalue weighted by Gasteiger charge is 2.26. The van der Waals surface area contributed by atoms with Crippen molar-refractivity contribution in [3.8, 4) is 5.75 Å². The molecule has 0 radical (unpaired) electrons. The second-order valence-corrected chi connectivity index (χ2v) is 5.22. The Bertz CT molecular complexity index is 430. The molecule has 0 amide bonds. The number of hydrogen-bond acceptors (Lipinski definition) is 3. The number of hydrogen-bond donors (Lipinski definition) is 2. The Morgan fingerprint density at radius 2 is 2.05 bits per heavy atom. The lowest BCUT2D eigenvalue weighted by Gasteiger charge is -2.36. The lowest BCUT2D eigenvalue weighted by molar-refractivity contribution is 0.161. The van der Waals surface area contributed by atoms with E-state index in [1.165, 1.54) is 6.07 Å². The molecule has 1 aliphatic rings. The van der Waals surface area contributed by atoms with Crippen molar-refractivity contribution in [2.75, 3.05) is 26.2 Å². The molecule has 0 saturated carbocycles. The van der Waals surface area contributed by atoms with Crippen LogP contribution in [0.2, 0.25) is 0 Å². The summed E-state index contributed by atoms with van der Waals surface area (Å²) in [5.41, 5.74) is 1.74. The number of phenols is 1. The van der Waals surface area contributed by atoms with Crippen molar-refractivity contribution >= 4 is 0 Å². The average Bonchev–Trinajstić information content (AvgIpc) is 2.43. The minimum absolute atomic E-state index is 0.114. The molecule has 19 heavy (non-hydrogen) atoms. The monoisotopic (exact) mass is 266 g/mol. The van der Waals surface area contributed by atoms with E-state index in [1.54, 1.807) is 6.07 Å². The minimum atomic E-state index is -0.517. The Labute approximate surface area is 114 Å². The Morgan fingerprint density at radius 3 is 2.68 bits per heavy atom. The first-order valence-corrected chi connectivity index (χ1v) is 7.08. The van der Waals surface area contributed by atoms with Crippen molar-refractivity contribution in [2.45, 2.75) is 32.7 Å². The third-order valence-electron chi connectivity index (χ3n) is 3.87. The van der Waals surface area contributed by atoms with Gasteiger partial charge in [0.2, 0.25) is 0 Å². The van der Waals surface area contributed by atoms with Crippen molar-refractivity contribution in [3.63, 3.8) is 0 Å². The predicted molar refractivity (Wildman–Crippen MR) is 74.9 cm³/mol. The van der Waals surface area contributed by atoms with Gasteiger partial charge in [0.15, 0.2) is 11.6 Å². The van der Waals surface area contributed by atoms with Crippen LogP contribution in [-0.2, 0) is 0 Å². The highest BCUT2D eigenvalue weighted by molar-refractivity contribution is 5.42. The summed E-state index contributed by atoms with van der Waals surface area (Å²) in [6.45, 7) is 7.87. The maximum absolute atomic E-state index is 13.6. The van der Waals surface area contributed by atoms with Crippen LogP contribution in [0.5, 0.6) is 5.75 Å². The van der Waals surface area contributed by atoms with E-state index in [0.717, 1.165) is 50.1 Å². The summed E-state index contributed by atoms with van der Waals surface area (Å²) in [6.07, 6.45) is 1.96. The zero-order chi connectivity index (χ0) is 13.8. The summed E-state index contributed by atoms with van der Waals surface area (Å²) < 4.78 is 13.6. The van der Waals surface area contributed by atoms with E-state index in [0.29, 0.717) is 0 Å². The van der Waals surface area contributed by atoms with E-state index in [9.17, 15) is 9.50 Å². The molecule has 3 nitrogen and oxygen atoms in total. The first-order valence-electron chi connectivity index (χ1n) is 7.08. The van der Waals surface area contributed by atoms with Crippen LogP contribution in [0.4, 0.5) is 4.39 Å². The zero-order valence-corrected chi connectivity index (χ0v) is 11.7. The van der Waals surface area contributed by atoms with Gasteiger partial charge in [-0.25, -0.2) is 4.39 Å². The molecule has 1 aromatic rings. The number of halogens is 1. The summed E-state index contributed by atoms with van der Waals surface area (Å²) in [6, 6.07) is 3.22. The lowest BCUT2D eigenvalue weighted by atomic mass is 9.94. The molecular formula is C15H23FN2O. The van der Waals surface area contributed by atoms with E-state index >= 15 is 0 Å². The van der Waals surface area contributed by atoms with Gasteiger partial charge >= 0.3 is 0 Å². The summed E-state index contributed by atoms with van der Waals surface area (Å²) in [5, 5.41) is 13.4. The molecule has 1 heterocycles. The van der Waals surface area contributed by atoms with Gasteiger partial charge < -0.3 is 10.4 Å². The van der Waals surface area contributed by atoms with Gasteiger partial charge in [-0.05, 0) is 25.0 Å². The lowest BCUT2D eigenvalue weighted by Crippen LogP contribution is -2.45. The van der Waals surface area contributed by atoms with Crippen LogP contribution in [-0.4, -0.2) is 36.2 Å². The summed E-state index contributed by atoms with van der Waals surface area (Å²) in [5.74, 6) is -0.686. The van der Waals surface area contributed by atoms with E-state index in [1.807, 2.05) is 6.92 Å². The number of nitrogens with zero attached hydrogens (tertiary/aromatic N) is 1. The molecule has 0 unspecified atom stereocenters. The standard InChI is InChI=1S/C15H23FN2O/c1-3-4-13(18-9-7-17-8-10-18)14-11(2)5-6-12(16)15(14)19/h5-6,13,17,19H,3-4,7-10H2,1-2H3/t13-/m1/s1. The summed E-state index contributed by atoms with van der Waals surface area (Å²) in [7, 11) is 0. The topological polar surface area (TPSA) is 35.5 Å². The second kappa shape index (κ2) is 6.35. The number of aromatic hydroxyl groups is 1. The highest BCUT2D eigenvalue weighted by Crippen LogP contribution is 2.36. The Kier molecular flexibility index (Phi) is 4.77. The molecule has 1 atom stereocenters. The summed E-state index contributed by atoms with van der Waals surface area (Å²) in [4.78, 5) is 2.35. The Hall–Kier alpha value is -1.13. The molecule has 2 rings (SSSR count). The number of piperazine rings is 1. The van der Waals surface area contributed by atoms with Gasteiger partial charge in [-0.3, -0.25) is 4.90 Å². The van der Waals surface area contributed by atoms with Crippen molar-refractivity contribution in [1.29, 1.82) is 0 Å². The van der Waals surface area contributed by atoms with Crippen LogP contribution in [0.15, 0.2) is 12.1 Å². The molecule has 0 spiro atoms. The molecule has 1 aliphatic heterocycles. The zero-order valence-electron chi connectivity index (χ0n) is 11.7. The van der Waals surface area contributed by atoms with Crippen molar-refractivity contribution in [2.24, 2.45) is 0 Å². The molecule has 106 valence electrons. The fraction of sp³-hybridized carbons (Fsp3) is 0.600. The van der Waals surface area contributed by atoms with Crippen LogP contribution in [0.25, 0.3) is 0 Å². The molecule has 0 aromatic heterocycles. The number of aryl methyl sites for hydroxylation is 1. The molecule has 1 aromatic carbocycles. The molecular weight excluding hydrogens is 243 g/mol. The number of rotatable bonds is 4. The molecule has 0 bridgehead atoms. The van der Waals surface area contributed by atoms with Crippen LogP contribution in [0.1, 0.15) is 36.9 Å². The van der Waals surface area contributed by atoms with Gasteiger partial charge in [0, 0.05) is 37.8 Å². The van der Waals surface area contributed by atoms with Gasteiger partial charge in [-0.15, -0.1) is 0 Å². The third-order valence-corrected chi connectivity index (χ3v) is 3.87. The first-order chi connectivity index (χ1) is 9.15. The molecule has 2 N–H and O–H groups in total. The molecule has 4 heteroatoms. The largest absolute Gasteiger partial charge is 0.505 e. The van der Waals surface area contributed by atoms with Gasteiger partial charge in [0.25, 0.3) is 0 Å². The molecule has 1 fully saturated rings. The average molecular weight is 266 g/mol. The molecule has 1 saturated heterocycles. The van der Waals surface area contributed by atoms with Crippen molar-refractivity contribution in [1.82, 2.24) is 10.2 Å². The first kappa shape index (κ1) is 14.3. The van der Waals surface area contributed by atoms with Crippen molar-refractivity contribution in [3.05, 3.63) is 29.1 Å². The maximum Gasteiger partial charge on any atom is 0.165 e. The fourth-order valence-electron chi connectivity index (χ4n) is 2.88. The van der Waals surface area contributed by atoms with E-state index in [-0.39, 0.29) is 11.8 Å². The Morgan fingerprint density at radius 1 is 1.37 bits per heavy atom. The fourth-order valence-corrected chi connectivity index (χ4v) is 2.88. The number of nitrogens with one attached hydrogen (secondary N) is 1. The normalized spacial score (nSPS) is 18.5. The van der Waals surface area contributed by atoms with Crippen molar-refractivity contribution < 1.29 is 9.50 Å². The van der Waals surface area contributed by atoms with Gasteiger partial charge in [0.05, 0.1) is 0 Å². The van der Waals surface area contributed by atoms with Gasteiger partial charge in [-0.2, -0.15) is 0 Å². The summed E-state index contributed by atoms with van der Waals surface area (Å²) >= 11 is 0. The number of benzene rings is 1. The molecule has 0 aliphatic carbocycles. The SMILES string of the molecule is CCC[C@H](c1c(C)ccc(F)c1O)N1CCNCC1.